The normalized spacial score (nSPS) is 14.9. The molecule has 1 fully saturated rings. The fourth-order valence-corrected chi connectivity index (χ4v) is 4.45. The van der Waals surface area contributed by atoms with E-state index < -0.39 is 17.3 Å². The first-order valence-corrected chi connectivity index (χ1v) is 10.9. The first kappa shape index (κ1) is 22.2. The van der Waals surface area contributed by atoms with Gasteiger partial charge in [0.2, 0.25) is 5.91 Å². The van der Waals surface area contributed by atoms with E-state index in [2.05, 4.69) is 10.3 Å². The number of rotatable bonds is 6. The molecular weight excluding hydrogens is 411 g/mol. The lowest BCUT2D eigenvalue weighted by Crippen LogP contribution is -2.36. The number of nitrogens with one attached hydrogen (secondary N) is 1. The maximum Gasteiger partial charge on any atom is 0.417 e. The summed E-state index contributed by atoms with van der Waals surface area (Å²) in [6.45, 7) is 0. The molecule has 1 aromatic carbocycles. The van der Waals surface area contributed by atoms with Crippen molar-refractivity contribution in [2.24, 2.45) is 0 Å². The van der Waals surface area contributed by atoms with Crippen LogP contribution in [0.4, 0.5) is 13.2 Å². The number of carbonyl (C=O) groups excluding carboxylic acids is 1. The first-order chi connectivity index (χ1) is 14.4. The molecule has 1 aliphatic rings. The van der Waals surface area contributed by atoms with Crippen LogP contribution in [0.2, 0.25) is 0 Å². The van der Waals surface area contributed by atoms with Gasteiger partial charge in [0.1, 0.15) is 11.1 Å². The zero-order valence-electron chi connectivity index (χ0n) is 16.3. The molecule has 1 aromatic heterocycles. The van der Waals surface area contributed by atoms with E-state index in [0.717, 1.165) is 43.5 Å². The molecule has 4 nitrogen and oxygen atoms in total. The summed E-state index contributed by atoms with van der Waals surface area (Å²) >= 11 is 1.01. The number of hydrogen-bond donors (Lipinski definition) is 1. The maximum absolute atomic E-state index is 13.6. The number of alkyl halides is 3. The summed E-state index contributed by atoms with van der Waals surface area (Å²) in [6.07, 6.45) is 0.795. The van der Waals surface area contributed by atoms with Gasteiger partial charge in [-0.2, -0.15) is 18.4 Å². The molecule has 0 aliphatic heterocycles. The van der Waals surface area contributed by atoms with E-state index in [1.54, 1.807) is 36.4 Å². The lowest BCUT2D eigenvalue weighted by atomic mass is 9.95. The first-order valence-electron chi connectivity index (χ1n) is 9.88. The van der Waals surface area contributed by atoms with Crippen LogP contribution in [0.15, 0.2) is 41.4 Å². The highest BCUT2D eigenvalue weighted by Crippen LogP contribution is 2.38. The largest absolute Gasteiger partial charge is 0.417 e. The minimum atomic E-state index is -4.68. The zero-order valence-corrected chi connectivity index (χ0v) is 17.2. The van der Waals surface area contributed by atoms with Crippen LogP contribution in [-0.4, -0.2) is 22.7 Å². The summed E-state index contributed by atoms with van der Waals surface area (Å²) < 4.78 is 40.7. The monoisotopic (exact) mass is 433 g/mol. The van der Waals surface area contributed by atoms with Crippen LogP contribution in [0, 0.1) is 11.3 Å². The number of pyridine rings is 1. The molecule has 1 aliphatic carbocycles. The average Bonchev–Trinajstić information content (AvgIpc) is 2.74. The van der Waals surface area contributed by atoms with Gasteiger partial charge in [0.15, 0.2) is 0 Å². The third kappa shape index (κ3) is 5.76. The Morgan fingerprint density at radius 2 is 1.90 bits per heavy atom. The molecule has 0 unspecified atom stereocenters. The molecule has 158 valence electrons. The summed E-state index contributed by atoms with van der Waals surface area (Å²) in [7, 11) is 0. The second-order valence-electron chi connectivity index (χ2n) is 7.21. The molecule has 0 spiro atoms. The fraction of sp³-hybridized carbons (Fsp3) is 0.409. The van der Waals surface area contributed by atoms with Gasteiger partial charge in [0, 0.05) is 23.8 Å². The second-order valence-corrected chi connectivity index (χ2v) is 8.30. The predicted molar refractivity (Wildman–Crippen MR) is 110 cm³/mol. The Kier molecular flexibility index (Phi) is 7.38. The Bertz CT molecular complexity index is 920. The van der Waals surface area contributed by atoms with E-state index in [1.165, 1.54) is 6.42 Å². The minimum Gasteiger partial charge on any atom is -0.353 e. The number of benzene rings is 1. The maximum atomic E-state index is 13.6. The number of halogens is 3. The van der Waals surface area contributed by atoms with Crippen LogP contribution in [0.25, 0.3) is 11.3 Å². The Hall–Kier alpha value is -2.53. The van der Waals surface area contributed by atoms with Gasteiger partial charge in [0.25, 0.3) is 0 Å². The van der Waals surface area contributed by atoms with Crippen LogP contribution in [0.5, 0.6) is 0 Å². The smallest absolute Gasteiger partial charge is 0.353 e. The van der Waals surface area contributed by atoms with E-state index in [9.17, 15) is 23.2 Å². The van der Waals surface area contributed by atoms with Crippen LogP contribution >= 0.6 is 11.8 Å². The molecule has 3 rings (SSSR count). The standard InChI is InChI=1S/C22H22F3N3OS/c23-22(24,25)18-13-19(15-7-3-1-4-8-15)28-21(17(18)14-26)30-12-11-20(29)27-16-9-5-2-6-10-16/h1,3-4,7-8,13,16H,2,5-6,9-12H2,(H,27,29). The number of nitriles is 1. The summed E-state index contributed by atoms with van der Waals surface area (Å²) in [5, 5.41) is 12.4. The van der Waals surface area contributed by atoms with Gasteiger partial charge < -0.3 is 5.32 Å². The Morgan fingerprint density at radius 1 is 1.20 bits per heavy atom. The Balaban J connectivity index is 1.77. The van der Waals surface area contributed by atoms with E-state index in [4.69, 9.17) is 0 Å². The lowest BCUT2D eigenvalue weighted by molar-refractivity contribution is -0.138. The fourth-order valence-electron chi connectivity index (χ4n) is 3.50. The number of amides is 1. The zero-order chi connectivity index (χ0) is 21.6. The van der Waals surface area contributed by atoms with E-state index in [-0.39, 0.29) is 34.8 Å². The SMILES string of the molecule is N#Cc1c(C(F)(F)F)cc(-c2ccccc2)nc1SCCC(=O)NC1CCCCC1. The number of carbonyl (C=O) groups is 1. The third-order valence-corrected chi connectivity index (χ3v) is 5.99. The van der Waals surface area contributed by atoms with Crippen molar-refractivity contribution < 1.29 is 18.0 Å². The Morgan fingerprint density at radius 3 is 2.53 bits per heavy atom. The molecule has 8 heteroatoms. The van der Waals surface area contributed by atoms with Crippen LogP contribution < -0.4 is 5.32 Å². The average molecular weight is 433 g/mol. The number of thioether (sulfide) groups is 1. The van der Waals surface area contributed by atoms with Gasteiger partial charge in [-0.1, -0.05) is 49.6 Å². The van der Waals surface area contributed by atoms with Crippen molar-refractivity contribution in [3.63, 3.8) is 0 Å². The van der Waals surface area contributed by atoms with Crippen molar-refractivity contribution in [2.75, 3.05) is 5.75 Å². The molecule has 1 amide bonds. The number of nitrogens with zero attached hydrogens (tertiary/aromatic N) is 2. The molecule has 30 heavy (non-hydrogen) atoms. The summed E-state index contributed by atoms with van der Waals surface area (Å²) in [5.74, 6) is 0.124. The van der Waals surface area contributed by atoms with Crippen LogP contribution in [-0.2, 0) is 11.0 Å². The van der Waals surface area contributed by atoms with Crippen molar-refractivity contribution in [3.05, 3.63) is 47.5 Å². The van der Waals surface area contributed by atoms with Crippen molar-refractivity contribution in [1.29, 1.82) is 5.26 Å². The molecule has 1 heterocycles. The predicted octanol–water partition coefficient (Wildman–Crippen LogP) is 5.57. The topological polar surface area (TPSA) is 65.8 Å². The van der Waals surface area contributed by atoms with Crippen LogP contribution in [0.1, 0.15) is 49.7 Å². The molecule has 1 N–H and O–H groups in total. The summed E-state index contributed by atoms with van der Waals surface area (Å²) in [6, 6.07) is 11.3. The van der Waals surface area contributed by atoms with E-state index >= 15 is 0 Å². The van der Waals surface area contributed by atoms with Gasteiger partial charge in [-0.05, 0) is 18.9 Å². The molecule has 0 atom stereocenters. The highest BCUT2D eigenvalue weighted by molar-refractivity contribution is 7.99. The van der Waals surface area contributed by atoms with Gasteiger partial charge in [-0.15, -0.1) is 11.8 Å². The van der Waals surface area contributed by atoms with Crippen molar-refractivity contribution in [1.82, 2.24) is 10.3 Å². The van der Waals surface area contributed by atoms with Gasteiger partial charge >= 0.3 is 6.18 Å². The third-order valence-electron chi connectivity index (χ3n) is 5.01. The number of hydrogen-bond acceptors (Lipinski definition) is 4. The molecule has 0 radical (unpaired) electrons. The van der Waals surface area contributed by atoms with Crippen molar-refractivity contribution in [3.8, 4) is 17.3 Å². The van der Waals surface area contributed by atoms with Gasteiger partial charge in [0.05, 0.1) is 16.8 Å². The van der Waals surface area contributed by atoms with Crippen molar-refractivity contribution in [2.45, 2.75) is 55.8 Å². The van der Waals surface area contributed by atoms with Crippen molar-refractivity contribution >= 4 is 17.7 Å². The molecular formula is C22H22F3N3OS. The highest BCUT2D eigenvalue weighted by Gasteiger charge is 2.36. The second kappa shape index (κ2) is 9.98. The van der Waals surface area contributed by atoms with E-state index in [1.807, 2.05) is 0 Å². The summed E-state index contributed by atoms with van der Waals surface area (Å²) in [5.41, 5.74) is -0.826. The van der Waals surface area contributed by atoms with Crippen LogP contribution in [0.3, 0.4) is 0 Å². The van der Waals surface area contributed by atoms with E-state index in [0.29, 0.717) is 5.56 Å². The summed E-state index contributed by atoms with van der Waals surface area (Å²) in [4.78, 5) is 16.5. The van der Waals surface area contributed by atoms with Gasteiger partial charge in [-0.3, -0.25) is 4.79 Å². The Labute approximate surface area is 177 Å². The molecule has 1 saturated carbocycles. The molecule has 2 aromatic rings. The molecule has 0 saturated heterocycles. The lowest BCUT2D eigenvalue weighted by Gasteiger charge is -2.22. The minimum absolute atomic E-state index is 0.00311. The highest BCUT2D eigenvalue weighted by atomic mass is 32.2. The number of aromatic nitrogens is 1. The van der Waals surface area contributed by atoms with Gasteiger partial charge in [-0.25, -0.2) is 4.98 Å². The quantitative estimate of drug-likeness (QED) is 0.605. The molecule has 0 bridgehead atoms.